The Bertz CT molecular complexity index is 1630. The Kier molecular flexibility index (Phi) is 7.86. The molecule has 2 aromatic heterocycles. The smallest absolute Gasteiger partial charge is 0.478 e. The highest BCUT2D eigenvalue weighted by molar-refractivity contribution is 7.14. The minimum absolute atomic E-state index is 0.0442. The van der Waals surface area contributed by atoms with Crippen molar-refractivity contribution < 1.29 is 41.5 Å². The van der Waals surface area contributed by atoms with Gasteiger partial charge in [-0.3, -0.25) is 0 Å². The summed E-state index contributed by atoms with van der Waals surface area (Å²) in [4.78, 5) is 17.9. The molecule has 0 bridgehead atoms. The normalized spacial score (nSPS) is 19.0. The fourth-order valence-corrected chi connectivity index (χ4v) is 6.31. The summed E-state index contributed by atoms with van der Waals surface area (Å²) >= 11 is 1.38. The minimum atomic E-state index is -4.85. The molecule has 226 valence electrons. The maximum atomic E-state index is 14.6. The van der Waals surface area contributed by atoms with Crippen LogP contribution in [0.5, 0.6) is 5.75 Å². The zero-order valence-corrected chi connectivity index (χ0v) is 23.8. The first-order valence-corrected chi connectivity index (χ1v) is 14.7. The van der Waals surface area contributed by atoms with E-state index in [1.807, 2.05) is 6.92 Å². The SMILES string of the molecule is C[C@@H]1C[C@H](OCc2c(-c3ccccc3OC(F)(F)F)noc2C2CC2)CCN1c1nc(-c2ccc(C(=O)O)cc2F)cs1. The Morgan fingerprint density at radius 3 is 2.65 bits per heavy atom. The van der Waals surface area contributed by atoms with Crippen molar-refractivity contribution >= 4 is 22.4 Å². The summed E-state index contributed by atoms with van der Waals surface area (Å²) in [5.74, 6) is -1.40. The van der Waals surface area contributed by atoms with Crippen LogP contribution in [0.15, 0.2) is 52.4 Å². The number of para-hydroxylation sites is 1. The summed E-state index contributed by atoms with van der Waals surface area (Å²) in [5, 5.41) is 15.7. The van der Waals surface area contributed by atoms with Gasteiger partial charge in [0.1, 0.15) is 23.0 Å². The summed E-state index contributed by atoms with van der Waals surface area (Å²) in [5.41, 5.74) is 1.64. The molecule has 2 fully saturated rings. The molecule has 2 aromatic carbocycles. The number of alkyl halides is 3. The molecule has 1 saturated heterocycles. The number of anilines is 1. The zero-order valence-electron chi connectivity index (χ0n) is 22.9. The van der Waals surface area contributed by atoms with Crippen molar-refractivity contribution in [2.24, 2.45) is 0 Å². The van der Waals surface area contributed by atoms with E-state index in [1.165, 1.54) is 41.7 Å². The second kappa shape index (κ2) is 11.6. The number of rotatable bonds is 9. The number of nitrogens with zero attached hydrogens (tertiary/aromatic N) is 3. The van der Waals surface area contributed by atoms with Crippen molar-refractivity contribution in [1.82, 2.24) is 10.1 Å². The van der Waals surface area contributed by atoms with Crippen molar-refractivity contribution in [2.75, 3.05) is 11.4 Å². The summed E-state index contributed by atoms with van der Waals surface area (Å²) in [6, 6.07) is 9.66. The number of halogens is 4. The molecule has 13 heteroatoms. The zero-order chi connectivity index (χ0) is 30.3. The van der Waals surface area contributed by atoms with Gasteiger partial charge in [0.25, 0.3) is 0 Å². The molecular weight excluding hydrogens is 590 g/mol. The molecule has 0 amide bonds. The van der Waals surface area contributed by atoms with Gasteiger partial charge >= 0.3 is 12.3 Å². The lowest BCUT2D eigenvalue weighted by Crippen LogP contribution is -2.43. The number of carboxylic acid groups (broad SMARTS) is 1. The Hall–Kier alpha value is -3.97. The standard InChI is InChI=1S/C30H27F4N3O5S/c1-16-12-19(10-11-37(16)29-35-24(15-43-29)20-9-8-18(28(38)39)13-23(20)31)40-14-22-26(36-42-27(22)17-6-7-17)21-4-2-3-5-25(21)41-30(32,33)34/h2-5,8-9,13,15-17,19H,6-7,10-12,14H2,1H3,(H,38,39)/t16-,19-/m1/s1. The van der Waals surface area contributed by atoms with E-state index in [4.69, 9.17) is 14.4 Å². The number of thiazole rings is 1. The monoisotopic (exact) mass is 617 g/mol. The molecule has 1 aliphatic carbocycles. The molecule has 0 radical (unpaired) electrons. The minimum Gasteiger partial charge on any atom is -0.478 e. The second-order valence-electron chi connectivity index (χ2n) is 10.7. The highest BCUT2D eigenvalue weighted by Crippen LogP contribution is 2.46. The van der Waals surface area contributed by atoms with Gasteiger partial charge in [0, 0.05) is 40.6 Å². The van der Waals surface area contributed by atoms with Crippen LogP contribution in [0.4, 0.5) is 22.7 Å². The van der Waals surface area contributed by atoms with Crippen LogP contribution < -0.4 is 9.64 Å². The fourth-order valence-electron chi connectivity index (χ4n) is 5.36. The first-order valence-electron chi connectivity index (χ1n) is 13.8. The van der Waals surface area contributed by atoms with Gasteiger partial charge in [0.15, 0.2) is 5.13 Å². The van der Waals surface area contributed by atoms with E-state index in [-0.39, 0.29) is 52.8 Å². The van der Waals surface area contributed by atoms with Gasteiger partial charge in [-0.25, -0.2) is 14.2 Å². The van der Waals surface area contributed by atoms with Crippen LogP contribution in [0.25, 0.3) is 22.5 Å². The van der Waals surface area contributed by atoms with Crippen molar-refractivity contribution in [3.05, 3.63) is 70.5 Å². The Morgan fingerprint density at radius 2 is 1.95 bits per heavy atom. The fraction of sp³-hybridized carbons (Fsp3) is 0.367. The summed E-state index contributed by atoms with van der Waals surface area (Å²) < 4.78 is 70.0. The van der Waals surface area contributed by atoms with E-state index in [0.717, 1.165) is 24.0 Å². The molecule has 0 unspecified atom stereocenters. The molecule has 6 rings (SSSR count). The van der Waals surface area contributed by atoms with E-state index >= 15 is 0 Å². The number of benzene rings is 2. The number of carbonyl (C=O) groups is 1. The van der Waals surface area contributed by atoms with Crippen molar-refractivity contribution in [2.45, 2.75) is 63.6 Å². The first kappa shape index (κ1) is 29.1. The van der Waals surface area contributed by atoms with Crippen LogP contribution in [0.3, 0.4) is 0 Å². The van der Waals surface area contributed by atoms with Gasteiger partial charge in [-0.05, 0) is 62.9 Å². The van der Waals surface area contributed by atoms with Crippen LogP contribution in [-0.2, 0) is 11.3 Å². The lowest BCUT2D eigenvalue weighted by molar-refractivity contribution is -0.274. The number of hydrogen-bond donors (Lipinski definition) is 1. The van der Waals surface area contributed by atoms with Crippen molar-refractivity contribution in [3.63, 3.8) is 0 Å². The number of aromatic carboxylic acids is 1. The van der Waals surface area contributed by atoms with Crippen molar-refractivity contribution in [3.8, 4) is 28.3 Å². The van der Waals surface area contributed by atoms with E-state index in [2.05, 4.69) is 19.8 Å². The number of piperidine rings is 1. The molecule has 4 aromatic rings. The molecular formula is C30H27F4N3O5S. The van der Waals surface area contributed by atoms with Crippen LogP contribution in [-0.4, -0.2) is 46.3 Å². The number of aromatic nitrogens is 2. The van der Waals surface area contributed by atoms with Gasteiger partial charge in [-0.15, -0.1) is 24.5 Å². The summed E-state index contributed by atoms with van der Waals surface area (Å²) in [6.45, 7) is 2.81. The van der Waals surface area contributed by atoms with Gasteiger partial charge in [-0.1, -0.05) is 17.3 Å². The van der Waals surface area contributed by atoms with Crippen LogP contribution in [0, 0.1) is 5.82 Å². The van der Waals surface area contributed by atoms with Crippen LogP contribution in [0.1, 0.15) is 60.2 Å². The Balaban J connectivity index is 1.14. The predicted molar refractivity (Wildman–Crippen MR) is 150 cm³/mol. The number of carboxylic acids is 1. The quantitative estimate of drug-likeness (QED) is 0.191. The molecule has 3 heterocycles. The van der Waals surface area contributed by atoms with Gasteiger partial charge in [0.2, 0.25) is 0 Å². The number of ether oxygens (including phenoxy) is 2. The second-order valence-corrected chi connectivity index (χ2v) is 11.5. The average Bonchev–Trinajstić information content (AvgIpc) is 3.53. The first-order chi connectivity index (χ1) is 20.6. The summed E-state index contributed by atoms with van der Waals surface area (Å²) in [7, 11) is 0. The summed E-state index contributed by atoms with van der Waals surface area (Å²) in [6.07, 6.45) is -1.79. The Labute approximate surface area is 247 Å². The molecule has 8 nitrogen and oxygen atoms in total. The third kappa shape index (κ3) is 6.37. The van der Waals surface area contributed by atoms with Crippen molar-refractivity contribution in [1.29, 1.82) is 0 Å². The molecule has 1 aliphatic heterocycles. The third-order valence-electron chi connectivity index (χ3n) is 7.66. The van der Waals surface area contributed by atoms with E-state index in [9.17, 15) is 22.4 Å². The number of hydrogen-bond acceptors (Lipinski definition) is 8. The molecule has 2 atom stereocenters. The van der Waals surface area contributed by atoms with E-state index < -0.39 is 18.1 Å². The lowest BCUT2D eigenvalue weighted by Gasteiger charge is -2.37. The average molecular weight is 618 g/mol. The molecule has 2 aliphatic rings. The lowest BCUT2D eigenvalue weighted by atomic mass is 10.0. The maximum Gasteiger partial charge on any atom is 0.573 e. The topological polar surface area (TPSA) is 97.9 Å². The maximum absolute atomic E-state index is 14.6. The van der Waals surface area contributed by atoms with E-state index in [0.29, 0.717) is 36.4 Å². The Morgan fingerprint density at radius 1 is 1.16 bits per heavy atom. The van der Waals surface area contributed by atoms with Crippen LogP contribution in [0.2, 0.25) is 0 Å². The molecule has 1 saturated carbocycles. The van der Waals surface area contributed by atoms with Crippen LogP contribution >= 0.6 is 11.3 Å². The largest absolute Gasteiger partial charge is 0.573 e. The predicted octanol–water partition coefficient (Wildman–Crippen LogP) is 7.65. The third-order valence-corrected chi connectivity index (χ3v) is 8.53. The molecule has 43 heavy (non-hydrogen) atoms. The molecule has 1 N–H and O–H groups in total. The van der Waals surface area contributed by atoms with Gasteiger partial charge in [0.05, 0.1) is 24.0 Å². The van der Waals surface area contributed by atoms with Gasteiger partial charge < -0.3 is 24.0 Å². The molecule has 0 spiro atoms. The van der Waals surface area contributed by atoms with E-state index in [1.54, 1.807) is 11.4 Å². The highest BCUT2D eigenvalue weighted by Gasteiger charge is 2.36. The van der Waals surface area contributed by atoms with Gasteiger partial charge in [-0.2, -0.15) is 0 Å². The highest BCUT2D eigenvalue weighted by atomic mass is 32.1.